The third-order valence-electron chi connectivity index (χ3n) is 4.69. The normalized spacial score (nSPS) is 19.0. The predicted octanol–water partition coefficient (Wildman–Crippen LogP) is 4.34. The van der Waals surface area contributed by atoms with Crippen LogP contribution in [0.1, 0.15) is 49.0 Å². The van der Waals surface area contributed by atoms with Crippen LogP contribution in [0.2, 0.25) is 5.02 Å². The van der Waals surface area contributed by atoms with Gasteiger partial charge in [0.2, 0.25) is 0 Å². The molecule has 0 spiro atoms. The van der Waals surface area contributed by atoms with Crippen molar-refractivity contribution in [1.82, 2.24) is 4.90 Å². The summed E-state index contributed by atoms with van der Waals surface area (Å²) in [6, 6.07) is 6.43. The van der Waals surface area contributed by atoms with E-state index in [2.05, 4.69) is 31.4 Å². The highest BCUT2D eigenvalue weighted by molar-refractivity contribution is 7.98. The van der Waals surface area contributed by atoms with Crippen molar-refractivity contribution in [2.45, 2.75) is 37.9 Å². The lowest BCUT2D eigenvalue weighted by Crippen LogP contribution is -2.37. The molecule has 0 saturated carbocycles. The molecule has 3 nitrogen and oxygen atoms in total. The largest absolute Gasteiger partial charge is 0.290 e. The van der Waals surface area contributed by atoms with Crippen molar-refractivity contribution in [1.29, 1.82) is 0 Å². The van der Waals surface area contributed by atoms with E-state index in [0.717, 1.165) is 31.0 Å². The van der Waals surface area contributed by atoms with Crippen LogP contribution >= 0.6 is 23.4 Å². The van der Waals surface area contributed by atoms with E-state index >= 15 is 0 Å². The van der Waals surface area contributed by atoms with E-state index in [1.807, 2.05) is 16.7 Å². The number of halogens is 1. The minimum atomic E-state index is -2.93. The van der Waals surface area contributed by atoms with Gasteiger partial charge >= 0.3 is 0 Å². The molecule has 1 aromatic rings. The molecule has 0 aliphatic carbocycles. The monoisotopic (exact) mass is 375 g/mol. The van der Waals surface area contributed by atoms with Crippen LogP contribution in [0.5, 0.6) is 0 Å². The van der Waals surface area contributed by atoms with E-state index in [1.54, 1.807) is 6.92 Å². The lowest BCUT2D eigenvalue weighted by atomic mass is 9.89. The first-order valence-electron chi connectivity index (χ1n) is 8.11. The van der Waals surface area contributed by atoms with E-state index in [9.17, 15) is 8.42 Å². The Bertz CT molecular complexity index is 625. The number of benzene rings is 1. The molecular formula is C17H26ClNO2S2. The Labute approximate surface area is 149 Å². The number of hydrogen-bond acceptors (Lipinski definition) is 4. The van der Waals surface area contributed by atoms with Crippen LogP contribution in [0.3, 0.4) is 0 Å². The summed E-state index contributed by atoms with van der Waals surface area (Å²) in [7, 11) is -2.93. The van der Waals surface area contributed by atoms with Crippen LogP contribution in [0.15, 0.2) is 18.2 Å². The molecule has 23 heavy (non-hydrogen) atoms. The van der Waals surface area contributed by atoms with Gasteiger partial charge in [-0.05, 0) is 62.2 Å². The molecule has 1 unspecified atom stereocenters. The van der Waals surface area contributed by atoms with E-state index in [0.29, 0.717) is 11.2 Å². The standard InChI is InChI=1S/C17H26ClNO2S2/c1-4-23(20,21)12-19-9-7-14(8-10-19)16-6-5-15(11-17(16)18)13(2)22-3/h5-6,11,13-14H,4,7-10,12H2,1-3H3. The van der Waals surface area contributed by atoms with Gasteiger partial charge < -0.3 is 0 Å². The molecule has 1 aliphatic rings. The maximum atomic E-state index is 11.7. The lowest BCUT2D eigenvalue weighted by Gasteiger charge is -2.32. The number of sulfone groups is 1. The number of hydrogen-bond donors (Lipinski definition) is 0. The molecule has 130 valence electrons. The summed E-state index contributed by atoms with van der Waals surface area (Å²) in [5, 5.41) is 1.30. The fourth-order valence-corrected chi connectivity index (χ4v) is 4.77. The highest BCUT2D eigenvalue weighted by atomic mass is 35.5. The van der Waals surface area contributed by atoms with Gasteiger partial charge in [-0.2, -0.15) is 11.8 Å². The molecule has 1 heterocycles. The number of rotatable bonds is 6. The smallest absolute Gasteiger partial charge is 0.163 e. The molecule has 6 heteroatoms. The van der Waals surface area contributed by atoms with Crippen LogP contribution in [-0.4, -0.2) is 44.3 Å². The van der Waals surface area contributed by atoms with Gasteiger partial charge in [-0.15, -0.1) is 0 Å². The summed E-state index contributed by atoms with van der Waals surface area (Å²) in [5.74, 6) is 0.837. The molecule has 0 amide bonds. The zero-order valence-corrected chi connectivity index (χ0v) is 16.5. The van der Waals surface area contributed by atoms with E-state index in [1.165, 1.54) is 11.1 Å². The number of likely N-dealkylation sites (tertiary alicyclic amines) is 1. The SMILES string of the molecule is CCS(=O)(=O)CN1CCC(c2ccc(C(C)SC)cc2Cl)CC1. The quantitative estimate of drug-likeness (QED) is 0.741. The first-order chi connectivity index (χ1) is 10.9. The minimum Gasteiger partial charge on any atom is -0.290 e. The van der Waals surface area contributed by atoms with E-state index < -0.39 is 9.84 Å². The van der Waals surface area contributed by atoms with Gasteiger partial charge in [0.05, 0.1) is 0 Å². The Kier molecular flexibility index (Phi) is 6.84. The van der Waals surface area contributed by atoms with Crippen molar-refractivity contribution < 1.29 is 8.42 Å². The number of nitrogens with zero attached hydrogens (tertiary/aromatic N) is 1. The van der Waals surface area contributed by atoms with Crippen LogP contribution in [-0.2, 0) is 9.84 Å². The summed E-state index contributed by atoms with van der Waals surface area (Å²) in [4.78, 5) is 2.05. The van der Waals surface area contributed by atoms with Gasteiger partial charge in [0, 0.05) is 16.0 Å². The first kappa shape index (κ1) is 19.1. The van der Waals surface area contributed by atoms with Crippen LogP contribution in [0.4, 0.5) is 0 Å². The Hall–Kier alpha value is -0.230. The molecule has 0 aromatic heterocycles. The van der Waals surface area contributed by atoms with Crippen molar-refractivity contribution in [2.24, 2.45) is 0 Å². The average molecular weight is 376 g/mol. The van der Waals surface area contributed by atoms with Gasteiger partial charge in [-0.1, -0.05) is 30.7 Å². The van der Waals surface area contributed by atoms with Crippen molar-refractivity contribution in [3.63, 3.8) is 0 Å². The molecule has 1 aliphatic heterocycles. The topological polar surface area (TPSA) is 37.4 Å². The van der Waals surface area contributed by atoms with Gasteiger partial charge in [0.25, 0.3) is 0 Å². The van der Waals surface area contributed by atoms with Gasteiger partial charge in [0.1, 0.15) is 5.88 Å². The predicted molar refractivity (Wildman–Crippen MR) is 101 cm³/mol. The second-order valence-corrected chi connectivity index (χ2v) is 10.1. The average Bonchev–Trinajstić information content (AvgIpc) is 2.54. The summed E-state index contributed by atoms with van der Waals surface area (Å²) in [5.41, 5.74) is 2.47. The highest BCUT2D eigenvalue weighted by Crippen LogP contribution is 2.36. The number of thioether (sulfide) groups is 1. The van der Waals surface area contributed by atoms with Crippen LogP contribution in [0, 0.1) is 0 Å². The highest BCUT2D eigenvalue weighted by Gasteiger charge is 2.25. The first-order valence-corrected chi connectivity index (χ1v) is 11.6. The number of piperidine rings is 1. The Morgan fingerprint density at radius 3 is 2.52 bits per heavy atom. The molecule has 1 atom stereocenters. The lowest BCUT2D eigenvalue weighted by molar-refractivity contribution is 0.241. The van der Waals surface area contributed by atoms with Crippen molar-refractivity contribution >= 4 is 33.2 Å². The summed E-state index contributed by atoms with van der Waals surface area (Å²) >= 11 is 8.32. The van der Waals surface area contributed by atoms with Gasteiger partial charge in [0.15, 0.2) is 9.84 Å². The molecule has 1 fully saturated rings. The minimum absolute atomic E-state index is 0.189. The molecule has 1 saturated heterocycles. The van der Waals surface area contributed by atoms with Gasteiger partial charge in [-0.25, -0.2) is 8.42 Å². The Morgan fingerprint density at radius 2 is 2.00 bits per heavy atom. The van der Waals surface area contributed by atoms with Crippen molar-refractivity contribution in [3.8, 4) is 0 Å². The molecule has 1 aromatic carbocycles. The van der Waals surface area contributed by atoms with E-state index in [-0.39, 0.29) is 11.6 Å². The van der Waals surface area contributed by atoms with Crippen molar-refractivity contribution in [3.05, 3.63) is 34.3 Å². The Balaban J connectivity index is 2.00. The molecule has 0 N–H and O–H groups in total. The second kappa shape index (κ2) is 8.24. The fourth-order valence-electron chi connectivity index (χ4n) is 3.01. The fraction of sp³-hybridized carbons (Fsp3) is 0.647. The van der Waals surface area contributed by atoms with Crippen LogP contribution in [0.25, 0.3) is 0 Å². The van der Waals surface area contributed by atoms with Gasteiger partial charge in [-0.3, -0.25) is 4.90 Å². The summed E-state index contributed by atoms with van der Waals surface area (Å²) in [6.45, 7) is 5.54. The third kappa shape index (κ3) is 5.12. The Morgan fingerprint density at radius 1 is 1.35 bits per heavy atom. The zero-order valence-electron chi connectivity index (χ0n) is 14.1. The molecule has 0 radical (unpaired) electrons. The zero-order chi connectivity index (χ0) is 17.0. The molecule has 2 rings (SSSR count). The van der Waals surface area contributed by atoms with E-state index in [4.69, 9.17) is 11.6 Å². The summed E-state index contributed by atoms with van der Waals surface area (Å²) in [6.07, 6.45) is 4.04. The van der Waals surface area contributed by atoms with Crippen molar-refractivity contribution in [2.75, 3.05) is 31.0 Å². The molecular weight excluding hydrogens is 350 g/mol. The summed E-state index contributed by atoms with van der Waals surface area (Å²) < 4.78 is 23.5. The maximum absolute atomic E-state index is 11.7. The molecule has 0 bridgehead atoms. The van der Waals surface area contributed by atoms with Crippen LogP contribution < -0.4 is 0 Å². The third-order valence-corrected chi connectivity index (χ3v) is 7.64. The second-order valence-electron chi connectivity index (χ2n) is 6.21. The maximum Gasteiger partial charge on any atom is 0.163 e.